The molecule has 3 aromatic carbocycles. The van der Waals surface area contributed by atoms with Crippen LogP contribution in [-0.4, -0.2) is 34.5 Å². The standard InChI is InChI=1S/C23H22N2O4S/c1-29-20-10-7-9-19(16-20)25(30(27,28)21-11-3-2-4-12-21)17-23(26)24-15-14-18-8-5-6-13-22(18)24/h2-13,16H,14-15,17H2,1H3. The van der Waals surface area contributed by atoms with Gasteiger partial charge in [0.2, 0.25) is 5.91 Å². The molecule has 154 valence electrons. The van der Waals surface area contributed by atoms with Gasteiger partial charge in [-0.3, -0.25) is 9.10 Å². The molecule has 4 rings (SSSR count). The van der Waals surface area contributed by atoms with Crippen LogP contribution in [0, 0.1) is 0 Å². The van der Waals surface area contributed by atoms with E-state index in [9.17, 15) is 13.2 Å². The summed E-state index contributed by atoms with van der Waals surface area (Å²) in [7, 11) is -2.44. The van der Waals surface area contributed by atoms with E-state index in [4.69, 9.17) is 4.74 Å². The summed E-state index contributed by atoms with van der Waals surface area (Å²) in [5.74, 6) is 0.238. The van der Waals surface area contributed by atoms with Gasteiger partial charge in [0.1, 0.15) is 12.3 Å². The number of anilines is 2. The van der Waals surface area contributed by atoms with E-state index in [-0.39, 0.29) is 17.3 Å². The minimum absolute atomic E-state index is 0.127. The summed E-state index contributed by atoms with van der Waals surface area (Å²) in [6.07, 6.45) is 0.756. The second kappa shape index (κ2) is 8.20. The molecule has 1 aliphatic heterocycles. The Kier molecular flexibility index (Phi) is 5.46. The molecule has 7 heteroatoms. The highest BCUT2D eigenvalue weighted by atomic mass is 32.2. The van der Waals surface area contributed by atoms with Crippen LogP contribution in [0.1, 0.15) is 5.56 Å². The summed E-state index contributed by atoms with van der Waals surface area (Å²) < 4.78 is 33.3. The van der Waals surface area contributed by atoms with Crippen LogP contribution < -0.4 is 13.9 Å². The molecule has 0 radical (unpaired) electrons. The Labute approximate surface area is 176 Å². The molecular weight excluding hydrogens is 400 g/mol. The summed E-state index contributed by atoms with van der Waals surface area (Å²) in [6, 6.07) is 22.5. The Morgan fingerprint density at radius 2 is 1.73 bits per heavy atom. The number of hydrogen-bond acceptors (Lipinski definition) is 4. The number of amides is 1. The average Bonchev–Trinajstić information content (AvgIpc) is 3.22. The van der Waals surface area contributed by atoms with Gasteiger partial charge in [-0.1, -0.05) is 42.5 Å². The van der Waals surface area contributed by atoms with Crippen molar-refractivity contribution in [3.05, 3.63) is 84.4 Å². The summed E-state index contributed by atoms with van der Waals surface area (Å²) in [5.41, 5.74) is 2.30. The van der Waals surface area contributed by atoms with Crippen molar-refractivity contribution in [2.45, 2.75) is 11.3 Å². The van der Waals surface area contributed by atoms with Gasteiger partial charge in [-0.05, 0) is 42.3 Å². The van der Waals surface area contributed by atoms with Gasteiger partial charge in [0.15, 0.2) is 0 Å². The molecule has 0 atom stereocenters. The highest BCUT2D eigenvalue weighted by Gasteiger charge is 2.31. The fourth-order valence-electron chi connectivity index (χ4n) is 3.61. The molecule has 30 heavy (non-hydrogen) atoms. The minimum Gasteiger partial charge on any atom is -0.497 e. The van der Waals surface area contributed by atoms with Gasteiger partial charge in [0.25, 0.3) is 10.0 Å². The molecule has 0 unspecified atom stereocenters. The molecule has 0 N–H and O–H groups in total. The zero-order valence-corrected chi connectivity index (χ0v) is 17.4. The smallest absolute Gasteiger partial charge is 0.264 e. The number of hydrogen-bond donors (Lipinski definition) is 0. The van der Waals surface area contributed by atoms with E-state index in [1.54, 1.807) is 47.4 Å². The lowest BCUT2D eigenvalue weighted by molar-refractivity contribution is -0.117. The maximum Gasteiger partial charge on any atom is 0.264 e. The first-order valence-corrected chi connectivity index (χ1v) is 11.0. The van der Waals surface area contributed by atoms with Gasteiger partial charge < -0.3 is 9.64 Å². The first kappa shape index (κ1) is 20.0. The highest BCUT2D eigenvalue weighted by Crippen LogP contribution is 2.30. The van der Waals surface area contributed by atoms with Crippen LogP contribution in [0.4, 0.5) is 11.4 Å². The number of benzene rings is 3. The third kappa shape index (κ3) is 3.76. The number of ether oxygens (including phenoxy) is 1. The Balaban J connectivity index is 1.72. The van der Waals surface area contributed by atoms with Crippen molar-refractivity contribution in [1.82, 2.24) is 0 Å². The second-order valence-electron chi connectivity index (χ2n) is 6.95. The number of carbonyl (C=O) groups is 1. The predicted molar refractivity (Wildman–Crippen MR) is 116 cm³/mol. The lowest BCUT2D eigenvalue weighted by atomic mass is 10.2. The predicted octanol–water partition coefficient (Wildman–Crippen LogP) is 3.48. The monoisotopic (exact) mass is 422 g/mol. The van der Waals surface area contributed by atoms with Gasteiger partial charge in [-0.15, -0.1) is 0 Å². The molecule has 0 aromatic heterocycles. The highest BCUT2D eigenvalue weighted by molar-refractivity contribution is 7.92. The Morgan fingerprint density at radius 1 is 1.00 bits per heavy atom. The Hall–Kier alpha value is -3.32. The molecule has 3 aromatic rings. The van der Waals surface area contributed by atoms with Gasteiger partial charge in [-0.25, -0.2) is 8.42 Å². The molecule has 1 heterocycles. The first-order valence-electron chi connectivity index (χ1n) is 9.61. The zero-order valence-electron chi connectivity index (χ0n) is 16.6. The van der Waals surface area contributed by atoms with E-state index in [0.717, 1.165) is 22.0 Å². The van der Waals surface area contributed by atoms with Crippen molar-refractivity contribution in [2.24, 2.45) is 0 Å². The number of methoxy groups -OCH3 is 1. The van der Waals surface area contributed by atoms with Crippen molar-refractivity contribution in [3.63, 3.8) is 0 Å². The summed E-state index contributed by atoms with van der Waals surface area (Å²) in [6.45, 7) is 0.230. The number of sulfonamides is 1. The van der Waals surface area contributed by atoms with Gasteiger partial charge >= 0.3 is 0 Å². The molecule has 1 aliphatic rings. The SMILES string of the molecule is COc1cccc(N(CC(=O)N2CCc3ccccc32)S(=O)(=O)c2ccccc2)c1. The molecule has 1 amide bonds. The normalized spacial score (nSPS) is 13.0. The lowest BCUT2D eigenvalue weighted by Crippen LogP contribution is -2.42. The number of para-hydroxylation sites is 1. The average molecular weight is 423 g/mol. The van der Waals surface area contributed by atoms with Crippen LogP contribution in [0.15, 0.2) is 83.8 Å². The third-order valence-corrected chi connectivity index (χ3v) is 6.93. The molecule has 0 aliphatic carbocycles. The first-order chi connectivity index (χ1) is 14.5. The van der Waals surface area contributed by atoms with Gasteiger partial charge in [0, 0.05) is 18.3 Å². The molecule has 0 spiro atoms. The number of fused-ring (bicyclic) bond motifs is 1. The fourth-order valence-corrected chi connectivity index (χ4v) is 5.03. The van der Waals surface area contributed by atoms with Crippen molar-refractivity contribution in [3.8, 4) is 5.75 Å². The Bertz CT molecular complexity index is 1160. The van der Waals surface area contributed by atoms with E-state index in [0.29, 0.717) is 18.0 Å². The number of rotatable bonds is 6. The van der Waals surface area contributed by atoms with E-state index in [2.05, 4.69) is 0 Å². The van der Waals surface area contributed by atoms with Crippen LogP contribution in [-0.2, 0) is 21.2 Å². The van der Waals surface area contributed by atoms with Crippen LogP contribution in [0.2, 0.25) is 0 Å². The zero-order chi connectivity index (χ0) is 21.1. The molecule has 0 saturated heterocycles. The van der Waals surface area contributed by atoms with E-state index < -0.39 is 10.0 Å². The van der Waals surface area contributed by atoms with Crippen molar-refractivity contribution >= 4 is 27.3 Å². The van der Waals surface area contributed by atoms with Crippen LogP contribution >= 0.6 is 0 Å². The van der Waals surface area contributed by atoms with Crippen molar-refractivity contribution in [2.75, 3.05) is 29.4 Å². The Morgan fingerprint density at radius 3 is 2.50 bits per heavy atom. The third-order valence-electron chi connectivity index (χ3n) is 5.14. The maximum atomic E-state index is 13.4. The summed E-state index contributed by atoms with van der Waals surface area (Å²) in [5, 5.41) is 0. The fraction of sp³-hybridized carbons (Fsp3) is 0.174. The van der Waals surface area contributed by atoms with E-state index in [1.165, 1.54) is 19.2 Å². The second-order valence-corrected chi connectivity index (χ2v) is 8.81. The quantitative estimate of drug-likeness (QED) is 0.610. The van der Waals surface area contributed by atoms with Gasteiger partial charge in [-0.2, -0.15) is 0 Å². The molecular formula is C23H22N2O4S. The van der Waals surface area contributed by atoms with Crippen molar-refractivity contribution < 1.29 is 17.9 Å². The van der Waals surface area contributed by atoms with Crippen LogP contribution in [0.3, 0.4) is 0 Å². The van der Waals surface area contributed by atoms with E-state index in [1.807, 2.05) is 24.3 Å². The topological polar surface area (TPSA) is 66.9 Å². The maximum absolute atomic E-state index is 13.4. The minimum atomic E-state index is -3.95. The lowest BCUT2D eigenvalue weighted by Gasteiger charge is -2.27. The van der Waals surface area contributed by atoms with Crippen LogP contribution in [0.25, 0.3) is 0 Å². The van der Waals surface area contributed by atoms with Crippen LogP contribution in [0.5, 0.6) is 5.75 Å². The molecule has 6 nitrogen and oxygen atoms in total. The largest absolute Gasteiger partial charge is 0.497 e. The summed E-state index contributed by atoms with van der Waals surface area (Å²) in [4.78, 5) is 15.0. The number of nitrogens with zero attached hydrogens (tertiary/aromatic N) is 2. The van der Waals surface area contributed by atoms with Gasteiger partial charge in [0.05, 0.1) is 17.7 Å². The van der Waals surface area contributed by atoms with E-state index >= 15 is 0 Å². The summed E-state index contributed by atoms with van der Waals surface area (Å²) >= 11 is 0. The molecule has 0 fully saturated rings. The number of carbonyl (C=O) groups excluding carboxylic acids is 1. The molecule has 0 saturated carbocycles. The van der Waals surface area contributed by atoms with Crippen molar-refractivity contribution in [1.29, 1.82) is 0 Å². The molecule has 0 bridgehead atoms.